The van der Waals surface area contributed by atoms with Gasteiger partial charge in [0, 0.05) is 24.7 Å². The van der Waals surface area contributed by atoms with Crippen molar-refractivity contribution in [1.82, 2.24) is 9.80 Å². The zero-order valence-corrected chi connectivity index (χ0v) is 13.6. The zero-order valence-electron chi connectivity index (χ0n) is 13.6. The van der Waals surface area contributed by atoms with Crippen molar-refractivity contribution in [3.05, 3.63) is 0 Å². The van der Waals surface area contributed by atoms with Crippen LogP contribution in [0.25, 0.3) is 0 Å². The maximum Gasteiger partial charge on any atom is 0.0568 e. The van der Waals surface area contributed by atoms with Crippen molar-refractivity contribution in [1.29, 1.82) is 0 Å². The van der Waals surface area contributed by atoms with Crippen LogP contribution in [0.4, 0.5) is 0 Å². The Morgan fingerprint density at radius 3 is 2.16 bits per heavy atom. The molecule has 0 spiro atoms. The van der Waals surface area contributed by atoms with E-state index in [0.29, 0.717) is 18.2 Å². The van der Waals surface area contributed by atoms with E-state index in [1.54, 1.807) is 0 Å². The molecule has 1 rings (SSSR count). The molecular formula is C15H33N3O. The highest BCUT2D eigenvalue weighted by Crippen LogP contribution is 2.34. The highest BCUT2D eigenvalue weighted by atomic mass is 16.5. The largest absolute Gasteiger partial charge is 0.375 e. The Morgan fingerprint density at radius 1 is 1.26 bits per heavy atom. The molecule has 0 aliphatic carbocycles. The summed E-state index contributed by atoms with van der Waals surface area (Å²) in [6.45, 7) is 11.7. The molecule has 3 unspecified atom stereocenters. The Kier molecular flexibility index (Phi) is 6.24. The smallest absolute Gasteiger partial charge is 0.0568 e. The van der Waals surface area contributed by atoms with E-state index in [0.717, 1.165) is 32.5 Å². The average Bonchev–Trinajstić information content (AvgIpc) is 2.27. The van der Waals surface area contributed by atoms with E-state index in [2.05, 4.69) is 51.6 Å². The topological polar surface area (TPSA) is 41.7 Å². The maximum absolute atomic E-state index is 6.20. The van der Waals surface area contributed by atoms with Gasteiger partial charge in [0.1, 0.15) is 0 Å². The average molecular weight is 271 g/mol. The predicted octanol–water partition coefficient (Wildman–Crippen LogP) is 1.54. The molecule has 1 saturated heterocycles. The van der Waals surface area contributed by atoms with Crippen molar-refractivity contribution in [2.45, 2.75) is 64.3 Å². The van der Waals surface area contributed by atoms with Gasteiger partial charge in [0.2, 0.25) is 0 Å². The van der Waals surface area contributed by atoms with Crippen molar-refractivity contribution >= 4 is 0 Å². The second-order valence-corrected chi connectivity index (χ2v) is 6.49. The van der Waals surface area contributed by atoms with Gasteiger partial charge in [-0.05, 0) is 54.3 Å². The maximum atomic E-state index is 6.20. The van der Waals surface area contributed by atoms with Crippen molar-refractivity contribution in [2.24, 2.45) is 5.73 Å². The first kappa shape index (κ1) is 16.9. The summed E-state index contributed by atoms with van der Waals surface area (Å²) < 4.78 is 5.91. The summed E-state index contributed by atoms with van der Waals surface area (Å²) in [7, 11) is 4.27. The molecule has 4 nitrogen and oxygen atoms in total. The SMILES string of the molecule is CCN(C(C)CN(C)C)C1(CN)CC(C)OC(C)C1. The summed E-state index contributed by atoms with van der Waals surface area (Å²) >= 11 is 0. The summed E-state index contributed by atoms with van der Waals surface area (Å²) in [5.74, 6) is 0. The fourth-order valence-corrected chi connectivity index (χ4v) is 3.91. The predicted molar refractivity (Wildman–Crippen MR) is 81.4 cm³/mol. The van der Waals surface area contributed by atoms with E-state index >= 15 is 0 Å². The molecule has 1 aliphatic heterocycles. The molecule has 2 N–H and O–H groups in total. The van der Waals surface area contributed by atoms with Crippen LogP contribution in [0.1, 0.15) is 40.5 Å². The number of hydrogen-bond acceptors (Lipinski definition) is 4. The summed E-state index contributed by atoms with van der Waals surface area (Å²) in [4.78, 5) is 4.85. The minimum Gasteiger partial charge on any atom is -0.375 e. The van der Waals surface area contributed by atoms with Gasteiger partial charge in [-0.2, -0.15) is 0 Å². The second kappa shape index (κ2) is 7.02. The van der Waals surface area contributed by atoms with Crippen LogP contribution in [0.3, 0.4) is 0 Å². The molecule has 4 heteroatoms. The molecule has 0 aromatic carbocycles. The quantitative estimate of drug-likeness (QED) is 0.796. The number of likely N-dealkylation sites (N-methyl/N-ethyl adjacent to an activating group) is 2. The van der Waals surface area contributed by atoms with E-state index in [4.69, 9.17) is 10.5 Å². The van der Waals surface area contributed by atoms with Crippen molar-refractivity contribution in [3.8, 4) is 0 Å². The Balaban J connectivity index is 2.89. The van der Waals surface area contributed by atoms with Crippen molar-refractivity contribution in [2.75, 3.05) is 33.7 Å². The summed E-state index contributed by atoms with van der Waals surface area (Å²) in [5.41, 5.74) is 6.30. The molecular weight excluding hydrogens is 238 g/mol. The molecule has 0 amide bonds. The molecule has 1 fully saturated rings. The summed E-state index contributed by atoms with van der Waals surface area (Å²) in [6.07, 6.45) is 2.68. The van der Waals surface area contributed by atoms with Crippen LogP contribution in [0.5, 0.6) is 0 Å². The molecule has 1 aliphatic rings. The van der Waals surface area contributed by atoms with Crippen LogP contribution in [-0.2, 0) is 4.74 Å². The van der Waals surface area contributed by atoms with E-state index in [1.165, 1.54) is 0 Å². The first-order chi connectivity index (χ1) is 8.84. The Labute approximate surface area is 119 Å². The van der Waals surface area contributed by atoms with E-state index in [9.17, 15) is 0 Å². The van der Waals surface area contributed by atoms with Crippen molar-refractivity contribution in [3.63, 3.8) is 0 Å². The minimum atomic E-state index is 0.0985. The minimum absolute atomic E-state index is 0.0985. The Bertz CT molecular complexity index is 260. The molecule has 114 valence electrons. The molecule has 19 heavy (non-hydrogen) atoms. The molecule has 0 bridgehead atoms. The van der Waals surface area contributed by atoms with E-state index in [-0.39, 0.29) is 5.54 Å². The molecule has 0 aromatic rings. The number of nitrogens with zero attached hydrogens (tertiary/aromatic N) is 2. The van der Waals surface area contributed by atoms with Gasteiger partial charge in [-0.25, -0.2) is 0 Å². The normalized spacial score (nSPS) is 33.9. The monoisotopic (exact) mass is 271 g/mol. The lowest BCUT2D eigenvalue weighted by Crippen LogP contribution is -2.63. The van der Waals surface area contributed by atoms with Crippen LogP contribution in [0.2, 0.25) is 0 Å². The zero-order chi connectivity index (χ0) is 14.6. The molecule has 1 heterocycles. The number of hydrogen-bond donors (Lipinski definition) is 1. The third-order valence-corrected chi connectivity index (χ3v) is 4.29. The molecule has 0 saturated carbocycles. The lowest BCUT2D eigenvalue weighted by Gasteiger charge is -2.51. The van der Waals surface area contributed by atoms with Crippen molar-refractivity contribution < 1.29 is 4.74 Å². The Hall–Kier alpha value is -0.160. The second-order valence-electron chi connectivity index (χ2n) is 6.49. The number of rotatable bonds is 6. The highest BCUT2D eigenvalue weighted by Gasteiger charge is 2.43. The van der Waals surface area contributed by atoms with Gasteiger partial charge in [0.15, 0.2) is 0 Å². The van der Waals surface area contributed by atoms with Gasteiger partial charge in [0.25, 0.3) is 0 Å². The van der Waals surface area contributed by atoms with Crippen LogP contribution in [-0.4, -0.2) is 67.3 Å². The highest BCUT2D eigenvalue weighted by molar-refractivity contribution is 4.99. The third kappa shape index (κ3) is 4.15. The van der Waals surface area contributed by atoms with Crippen LogP contribution in [0, 0.1) is 0 Å². The third-order valence-electron chi connectivity index (χ3n) is 4.29. The first-order valence-electron chi connectivity index (χ1n) is 7.61. The first-order valence-corrected chi connectivity index (χ1v) is 7.61. The lowest BCUT2D eigenvalue weighted by atomic mass is 9.81. The van der Waals surface area contributed by atoms with Crippen LogP contribution in [0.15, 0.2) is 0 Å². The van der Waals surface area contributed by atoms with E-state index < -0.39 is 0 Å². The fourth-order valence-electron chi connectivity index (χ4n) is 3.91. The van der Waals surface area contributed by atoms with Gasteiger partial charge in [-0.3, -0.25) is 4.90 Å². The summed E-state index contributed by atoms with van der Waals surface area (Å²) in [5, 5.41) is 0. The standard InChI is InChI=1S/C15H33N3O/c1-7-18(12(2)10-17(5)6)15(11-16)8-13(3)19-14(4)9-15/h12-14H,7-11,16H2,1-6H3. The molecule has 3 atom stereocenters. The lowest BCUT2D eigenvalue weighted by molar-refractivity contribution is -0.111. The fraction of sp³-hybridized carbons (Fsp3) is 1.00. The number of nitrogens with two attached hydrogens (primary N) is 1. The van der Waals surface area contributed by atoms with E-state index in [1.807, 2.05) is 0 Å². The van der Waals surface area contributed by atoms with Crippen LogP contribution < -0.4 is 5.73 Å². The van der Waals surface area contributed by atoms with Gasteiger partial charge >= 0.3 is 0 Å². The Morgan fingerprint density at radius 2 is 1.79 bits per heavy atom. The van der Waals surface area contributed by atoms with Gasteiger partial charge in [-0.15, -0.1) is 0 Å². The van der Waals surface area contributed by atoms with Gasteiger partial charge in [-0.1, -0.05) is 6.92 Å². The van der Waals surface area contributed by atoms with Gasteiger partial charge in [0.05, 0.1) is 12.2 Å². The molecule has 0 radical (unpaired) electrons. The van der Waals surface area contributed by atoms with Crippen LogP contribution >= 0.6 is 0 Å². The molecule has 0 aromatic heterocycles. The summed E-state index contributed by atoms with van der Waals surface area (Å²) in [6, 6.07) is 0.515. The van der Waals surface area contributed by atoms with Gasteiger partial charge < -0.3 is 15.4 Å². The number of ether oxygens (including phenoxy) is 1.